The molecule has 1 aromatic rings. The van der Waals surface area contributed by atoms with E-state index < -0.39 is 17.7 Å². The van der Waals surface area contributed by atoms with Gasteiger partial charge in [-0.05, 0) is 17.7 Å². The average Bonchev–Trinajstić information content (AvgIpc) is 2.89. The lowest BCUT2D eigenvalue weighted by atomic mass is 10.1. The fraction of sp³-hybridized carbons (Fsp3) is 0.333. The molecule has 0 bridgehead atoms. The van der Waals surface area contributed by atoms with Gasteiger partial charge in [-0.1, -0.05) is 6.07 Å². The summed E-state index contributed by atoms with van der Waals surface area (Å²) in [5.41, 5.74) is 0.505. The molecule has 0 spiro atoms. The first-order valence-electron chi connectivity index (χ1n) is 4.18. The van der Waals surface area contributed by atoms with Crippen molar-refractivity contribution in [2.45, 2.75) is 18.4 Å². The van der Waals surface area contributed by atoms with Crippen molar-refractivity contribution in [3.8, 4) is 0 Å². The van der Waals surface area contributed by atoms with Gasteiger partial charge in [0.15, 0.2) is 11.6 Å². The smallest absolute Gasteiger partial charge is 0.221 e. The van der Waals surface area contributed by atoms with E-state index in [0.29, 0.717) is 12.0 Å². The fourth-order valence-corrected chi connectivity index (χ4v) is 1.52. The minimum atomic E-state index is -0.948. The molecule has 0 N–H and O–H groups in total. The van der Waals surface area contributed by atoms with Crippen molar-refractivity contribution in [3.05, 3.63) is 45.5 Å². The van der Waals surface area contributed by atoms with Crippen LogP contribution in [0.15, 0.2) is 18.2 Å². The zero-order valence-corrected chi connectivity index (χ0v) is 7.11. The molecule has 0 heterocycles. The lowest BCUT2D eigenvalue weighted by Gasteiger charge is -1.97. The van der Waals surface area contributed by atoms with Crippen LogP contribution in [0.1, 0.15) is 17.9 Å². The first-order valence-corrected chi connectivity index (χ1v) is 4.18. The summed E-state index contributed by atoms with van der Waals surface area (Å²) >= 11 is 0. The first kappa shape index (κ1) is 9.05. The molecule has 1 aliphatic carbocycles. The van der Waals surface area contributed by atoms with Gasteiger partial charge in [-0.25, -0.2) is 8.78 Å². The zero-order valence-electron chi connectivity index (χ0n) is 7.11. The van der Waals surface area contributed by atoms with Gasteiger partial charge in [0.1, 0.15) is 0 Å². The van der Waals surface area contributed by atoms with E-state index >= 15 is 0 Å². The summed E-state index contributed by atoms with van der Waals surface area (Å²) < 4.78 is 25.3. The Kier molecular flexibility index (Phi) is 1.94. The Morgan fingerprint density at radius 3 is 2.57 bits per heavy atom. The summed E-state index contributed by atoms with van der Waals surface area (Å²) in [7, 11) is 0. The molecule has 1 aliphatic rings. The van der Waals surface area contributed by atoms with E-state index in [0.717, 1.165) is 12.1 Å². The normalized spacial score (nSPS) is 24.7. The molecule has 5 heteroatoms. The van der Waals surface area contributed by atoms with Gasteiger partial charge in [0.05, 0.1) is 5.92 Å². The van der Waals surface area contributed by atoms with Gasteiger partial charge in [0.2, 0.25) is 6.04 Å². The van der Waals surface area contributed by atoms with Crippen molar-refractivity contribution >= 4 is 0 Å². The maximum Gasteiger partial charge on any atom is 0.221 e. The van der Waals surface area contributed by atoms with E-state index in [9.17, 15) is 18.9 Å². The SMILES string of the molecule is O=[N+]([O-])C1C[C@H]1c1ccc(F)c(F)c1. The first-order chi connectivity index (χ1) is 6.59. The Hall–Kier alpha value is -1.52. The van der Waals surface area contributed by atoms with Gasteiger partial charge >= 0.3 is 0 Å². The van der Waals surface area contributed by atoms with Gasteiger partial charge in [-0.2, -0.15) is 0 Å². The maximum absolute atomic E-state index is 12.8. The molecule has 0 aliphatic heterocycles. The standard InChI is InChI=1S/C9H7F2NO2/c10-7-2-1-5(3-8(7)11)6-4-9(6)12(13)14/h1-3,6,9H,4H2/t6-,9?/m0/s1. The number of hydrogen-bond acceptors (Lipinski definition) is 2. The van der Waals surface area contributed by atoms with Crippen molar-refractivity contribution in [2.24, 2.45) is 0 Å². The summed E-state index contributed by atoms with van der Waals surface area (Å²) in [4.78, 5) is 9.95. The summed E-state index contributed by atoms with van der Waals surface area (Å²) in [6, 6.07) is 2.80. The van der Waals surface area contributed by atoms with Crippen molar-refractivity contribution in [2.75, 3.05) is 0 Å². The Balaban J connectivity index is 2.20. The molecule has 1 fully saturated rings. The van der Waals surface area contributed by atoms with Crippen LogP contribution in [0.25, 0.3) is 0 Å². The van der Waals surface area contributed by atoms with Crippen molar-refractivity contribution in [3.63, 3.8) is 0 Å². The molecule has 1 aromatic carbocycles. The van der Waals surface area contributed by atoms with Crippen molar-refractivity contribution in [1.82, 2.24) is 0 Å². The van der Waals surface area contributed by atoms with Crippen LogP contribution in [0, 0.1) is 21.7 Å². The second-order valence-electron chi connectivity index (χ2n) is 3.37. The molecule has 14 heavy (non-hydrogen) atoms. The van der Waals surface area contributed by atoms with E-state index in [4.69, 9.17) is 0 Å². The van der Waals surface area contributed by atoms with E-state index in [-0.39, 0.29) is 10.8 Å². The van der Waals surface area contributed by atoms with E-state index in [1.54, 1.807) is 0 Å². The van der Waals surface area contributed by atoms with E-state index in [2.05, 4.69) is 0 Å². The third kappa shape index (κ3) is 1.45. The van der Waals surface area contributed by atoms with Gasteiger partial charge in [-0.15, -0.1) is 0 Å². The van der Waals surface area contributed by atoms with Crippen LogP contribution in [0.3, 0.4) is 0 Å². The second-order valence-corrected chi connectivity index (χ2v) is 3.37. The second kappa shape index (κ2) is 3.01. The largest absolute Gasteiger partial charge is 0.264 e. The van der Waals surface area contributed by atoms with Crippen LogP contribution in [-0.4, -0.2) is 11.0 Å². The third-order valence-electron chi connectivity index (χ3n) is 2.40. The molecule has 2 atom stereocenters. The quantitative estimate of drug-likeness (QED) is 0.540. The number of hydrogen-bond donors (Lipinski definition) is 0. The number of halogens is 2. The Morgan fingerprint density at radius 2 is 2.07 bits per heavy atom. The highest BCUT2D eigenvalue weighted by atomic mass is 19.2. The maximum atomic E-state index is 12.8. The fourth-order valence-electron chi connectivity index (χ4n) is 1.52. The average molecular weight is 199 g/mol. The van der Waals surface area contributed by atoms with E-state index in [1.807, 2.05) is 0 Å². The predicted octanol–water partition coefficient (Wildman–Crippen LogP) is 2.10. The van der Waals surface area contributed by atoms with Crippen LogP contribution in [-0.2, 0) is 0 Å². The lowest BCUT2D eigenvalue weighted by molar-refractivity contribution is -0.496. The molecule has 1 saturated carbocycles. The Bertz CT molecular complexity index is 394. The van der Waals surface area contributed by atoms with Gasteiger partial charge < -0.3 is 0 Å². The highest BCUT2D eigenvalue weighted by Gasteiger charge is 2.49. The number of nitro groups is 1. The highest BCUT2D eigenvalue weighted by molar-refractivity contribution is 5.27. The Labute approximate surface area is 78.5 Å². The molecule has 1 unspecified atom stereocenters. The molecule has 74 valence electrons. The molecule has 0 aromatic heterocycles. The van der Waals surface area contributed by atoms with Crippen molar-refractivity contribution < 1.29 is 13.7 Å². The zero-order chi connectivity index (χ0) is 10.3. The highest BCUT2D eigenvalue weighted by Crippen LogP contribution is 2.42. The number of benzene rings is 1. The van der Waals surface area contributed by atoms with Crippen LogP contribution < -0.4 is 0 Å². The monoisotopic (exact) mass is 199 g/mol. The molecular weight excluding hydrogens is 192 g/mol. The Morgan fingerprint density at radius 1 is 1.36 bits per heavy atom. The molecule has 0 saturated heterocycles. The molecule has 2 rings (SSSR count). The predicted molar refractivity (Wildman–Crippen MR) is 44.5 cm³/mol. The van der Waals surface area contributed by atoms with Gasteiger partial charge in [0.25, 0.3) is 0 Å². The van der Waals surface area contributed by atoms with Crippen LogP contribution in [0.5, 0.6) is 0 Å². The van der Waals surface area contributed by atoms with E-state index in [1.165, 1.54) is 6.07 Å². The number of nitrogens with zero attached hydrogens (tertiary/aromatic N) is 1. The topological polar surface area (TPSA) is 43.1 Å². The lowest BCUT2D eigenvalue weighted by Crippen LogP contribution is -2.03. The van der Waals surface area contributed by atoms with Gasteiger partial charge in [-0.3, -0.25) is 10.1 Å². The molecule has 3 nitrogen and oxygen atoms in total. The van der Waals surface area contributed by atoms with Crippen LogP contribution in [0.2, 0.25) is 0 Å². The summed E-state index contributed by atoms with van der Waals surface area (Å²) in [6.07, 6.45) is 0.415. The van der Waals surface area contributed by atoms with Crippen LogP contribution >= 0.6 is 0 Å². The van der Waals surface area contributed by atoms with Gasteiger partial charge in [0, 0.05) is 11.3 Å². The summed E-state index contributed by atoms with van der Waals surface area (Å²) in [5.74, 6) is -2.12. The third-order valence-corrected chi connectivity index (χ3v) is 2.40. The minimum absolute atomic E-state index is 0.250. The minimum Gasteiger partial charge on any atom is -0.264 e. The number of rotatable bonds is 2. The molecular formula is C9H7F2NO2. The molecule has 0 amide bonds. The van der Waals surface area contributed by atoms with Crippen molar-refractivity contribution in [1.29, 1.82) is 0 Å². The summed E-state index contributed by atoms with van der Waals surface area (Å²) in [5, 5.41) is 10.3. The van der Waals surface area contributed by atoms with Crippen LogP contribution in [0.4, 0.5) is 8.78 Å². The summed E-state index contributed by atoms with van der Waals surface area (Å²) in [6.45, 7) is 0. The molecule has 0 radical (unpaired) electrons.